The number of fused-ring (bicyclic) bond motifs is 1. The van der Waals surface area contributed by atoms with Crippen molar-refractivity contribution < 1.29 is 4.39 Å². The standard InChI is InChI=1S/C14H18FN5O2/c1-2-19-12-9(13(21)20(17)14(19)22)3-4-10(11(12)15)18-6-5-8(16)7-18/h3-4,8H,2,5-7,16-17H2,1H3. The number of hydrogen-bond donors (Lipinski definition) is 2. The van der Waals surface area contributed by atoms with Gasteiger partial charge in [0.15, 0.2) is 5.82 Å². The number of benzene rings is 1. The molecule has 7 nitrogen and oxygen atoms in total. The molecule has 1 aromatic carbocycles. The zero-order valence-corrected chi connectivity index (χ0v) is 12.3. The molecule has 3 rings (SSSR count). The summed E-state index contributed by atoms with van der Waals surface area (Å²) in [6.45, 7) is 3.11. The van der Waals surface area contributed by atoms with Gasteiger partial charge in [0.25, 0.3) is 5.56 Å². The van der Waals surface area contributed by atoms with Gasteiger partial charge in [-0.3, -0.25) is 9.36 Å². The van der Waals surface area contributed by atoms with Gasteiger partial charge in [-0.25, -0.2) is 9.18 Å². The van der Waals surface area contributed by atoms with Gasteiger partial charge in [0.1, 0.15) is 0 Å². The van der Waals surface area contributed by atoms with Crippen molar-refractivity contribution in [1.29, 1.82) is 0 Å². The van der Waals surface area contributed by atoms with E-state index < -0.39 is 17.1 Å². The monoisotopic (exact) mass is 307 g/mol. The van der Waals surface area contributed by atoms with Crippen LogP contribution in [0.3, 0.4) is 0 Å². The van der Waals surface area contributed by atoms with Gasteiger partial charge >= 0.3 is 5.69 Å². The molecule has 118 valence electrons. The number of halogens is 1. The van der Waals surface area contributed by atoms with Crippen molar-refractivity contribution in [2.45, 2.75) is 25.9 Å². The van der Waals surface area contributed by atoms with Crippen LogP contribution in [0.25, 0.3) is 10.9 Å². The molecule has 22 heavy (non-hydrogen) atoms. The first kappa shape index (κ1) is 14.6. The van der Waals surface area contributed by atoms with Crippen molar-refractivity contribution in [2.24, 2.45) is 5.73 Å². The van der Waals surface area contributed by atoms with E-state index in [-0.39, 0.29) is 23.5 Å². The van der Waals surface area contributed by atoms with Crippen LogP contribution in [-0.2, 0) is 6.54 Å². The first-order valence-electron chi connectivity index (χ1n) is 7.19. The quantitative estimate of drug-likeness (QED) is 0.734. The van der Waals surface area contributed by atoms with Gasteiger partial charge < -0.3 is 16.5 Å². The zero-order chi connectivity index (χ0) is 16.0. The van der Waals surface area contributed by atoms with Gasteiger partial charge in [-0.1, -0.05) is 0 Å². The van der Waals surface area contributed by atoms with Crippen LogP contribution in [0.2, 0.25) is 0 Å². The predicted molar refractivity (Wildman–Crippen MR) is 83.1 cm³/mol. The minimum absolute atomic E-state index is 0.000470. The summed E-state index contributed by atoms with van der Waals surface area (Å²) in [7, 11) is 0. The summed E-state index contributed by atoms with van der Waals surface area (Å²) in [5, 5.41) is 0.0914. The lowest BCUT2D eigenvalue weighted by atomic mass is 10.2. The van der Waals surface area contributed by atoms with Crippen molar-refractivity contribution in [3.8, 4) is 0 Å². The Morgan fingerprint density at radius 2 is 2.09 bits per heavy atom. The van der Waals surface area contributed by atoms with Crippen LogP contribution in [0, 0.1) is 5.82 Å². The van der Waals surface area contributed by atoms with Gasteiger partial charge in [0, 0.05) is 25.7 Å². The van der Waals surface area contributed by atoms with Gasteiger partial charge in [0.05, 0.1) is 16.6 Å². The molecule has 0 amide bonds. The average molecular weight is 307 g/mol. The summed E-state index contributed by atoms with van der Waals surface area (Å²) in [6, 6.07) is 3.05. The fourth-order valence-electron chi connectivity index (χ4n) is 2.98. The molecule has 8 heteroatoms. The lowest BCUT2D eigenvalue weighted by Gasteiger charge is -2.20. The normalized spacial score (nSPS) is 18.3. The maximum atomic E-state index is 15.0. The summed E-state index contributed by atoms with van der Waals surface area (Å²) < 4.78 is 16.6. The number of rotatable bonds is 2. The maximum absolute atomic E-state index is 15.0. The second-order valence-electron chi connectivity index (χ2n) is 5.49. The Morgan fingerprint density at radius 1 is 1.36 bits per heavy atom. The lowest BCUT2D eigenvalue weighted by molar-refractivity contribution is 0.604. The van der Waals surface area contributed by atoms with E-state index in [1.54, 1.807) is 13.0 Å². The highest BCUT2D eigenvalue weighted by Gasteiger charge is 2.24. The highest BCUT2D eigenvalue weighted by molar-refractivity contribution is 5.83. The number of hydrogen-bond acceptors (Lipinski definition) is 5. The van der Waals surface area contributed by atoms with Crippen molar-refractivity contribution in [3.63, 3.8) is 0 Å². The first-order valence-corrected chi connectivity index (χ1v) is 7.19. The van der Waals surface area contributed by atoms with Crippen molar-refractivity contribution in [2.75, 3.05) is 23.8 Å². The van der Waals surface area contributed by atoms with Crippen LogP contribution in [0.5, 0.6) is 0 Å². The maximum Gasteiger partial charge on any atom is 0.350 e. The average Bonchev–Trinajstić information content (AvgIpc) is 2.92. The van der Waals surface area contributed by atoms with E-state index in [1.165, 1.54) is 10.6 Å². The van der Waals surface area contributed by atoms with E-state index in [1.807, 2.05) is 4.90 Å². The number of nitrogen functional groups attached to an aromatic ring is 1. The number of aryl methyl sites for hydroxylation is 1. The molecule has 0 aliphatic carbocycles. The van der Waals surface area contributed by atoms with E-state index in [0.29, 0.717) is 23.5 Å². The molecule has 4 N–H and O–H groups in total. The van der Waals surface area contributed by atoms with Gasteiger partial charge in [-0.05, 0) is 25.5 Å². The molecular weight excluding hydrogens is 289 g/mol. The minimum Gasteiger partial charge on any atom is -0.367 e. The molecule has 1 aliphatic heterocycles. The highest BCUT2D eigenvalue weighted by Crippen LogP contribution is 2.27. The molecular formula is C14H18FN5O2. The smallest absolute Gasteiger partial charge is 0.350 e. The van der Waals surface area contributed by atoms with Crippen LogP contribution < -0.4 is 27.7 Å². The summed E-state index contributed by atoms with van der Waals surface area (Å²) in [4.78, 5) is 26.0. The molecule has 1 aliphatic rings. The molecule has 1 aromatic heterocycles. The number of nitrogens with two attached hydrogens (primary N) is 2. The zero-order valence-electron chi connectivity index (χ0n) is 12.3. The Hall–Kier alpha value is -2.35. The van der Waals surface area contributed by atoms with Crippen LogP contribution >= 0.6 is 0 Å². The van der Waals surface area contributed by atoms with E-state index in [9.17, 15) is 14.0 Å². The molecule has 1 fully saturated rings. The van der Waals surface area contributed by atoms with Gasteiger partial charge in [-0.2, -0.15) is 4.68 Å². The molecule has 1 unspecified atom stereocenters. The van der Waals surface area contributed by atoms with Crippen molar-refractivity contribution in [1.82, 2.24) is 9.24 Å². The van der Waals surface area contributed by atoms with E-state index in [0.717, 1.165) is 6.42 Å². The third-order valence-electron chi connectivity index (χ3n) is 4.13. The summed E-state index contributed by atoms with van der Waals surface area (Å²) in [5.41, 5.74) is 4.79. The van der Waals surface area contributed by atoms with Gasteiger partial charge in [0.2, 0.25) is 0 Å². The van der Waals surface area contributed by atoms with Crippen LogP contribution in [-0.4, -0.2) is 28.4 Å². The second kappa shape index (κ2) is 5.13. The third kappa shape index (κ3) is 1.98. The largest absolute Gasteiger partial charge is 0.367 e. The van der Waals surface area contributed by atoms with Crippen LogP contribution in [0.1, 0.15) is 13.3 Å². The molecule has 1 atom stereocenters. The van der Waals surface area contributed by atoms with Crippen molar-refractivity contribution in [3.05, 3.63) is 38.8 Å². The Morgan fingerprint density at radius 3 is 2.68 bits per heavy atom. The highest BCUT2D eigenvalue weighted by atomic mass is 19.1. The fourth-order valence-corrected chi connectivity index (χ4v) is 2.98. The molecule has 1 saturated heterocycles. The van der Waals surface area contributed by atoms with Crippen molar-refractivity contribution >= 4 is 16.6 Å². The number of aromatic nitrogens is 2. The topological polar surface area (TPSA) is 99.3 Å². The van der Waals surface area contributed by atoms with E-state index in [2.05, 4.69) is 0 Å². The van der Waals surface area contributed by atoms with Gasteiger partial charge in [-0.15, -0.1) is 0 Å². The fraction of sp³-hybridized carbons (Fsp3) is 0.429. The molecule has 2 heterocycles. The Labute approximate surface area is 125 Å². The Bertz CT molecular complexity index is 857. The van der Waals surface area contributed by atoms with E-state index >= 15 is 0 Å². The summed E-state index contributed by atoms with van der Waals surface area (Å²) in [6.07, 6.45) is 0.780. The molecule has 0 saturated carbocycles. The van der Waals surface area contributed by atoms with Crippen LogP contribution in [0.4, 0.5) is 10.1 Å². The lowest BCUT2D eigenvalue weighted by Crippen LogP contribution is -2.44. The molecule has 0 spiro atoms. The molecule has 0 radical (unpaired) electrons. The molecule has 2 aromatic rings. The Kier molecular flexibility index (Phi) is 3.40. The first-order chi connectivity index (χ1) is 10.5. The Balaban J connectivity index is 2.33. The summed E-state index contributed by atoms with van der Waals surface area (Å²) >= 11 is 0. The summed E-state index contributed by atoms with van der Waals surface area (Å²) in [5.74, 6) is 4.89. The number of anilines is 1. The van der Waals surface area contributed by atoms with E-state index in [4.69, 9.17) is 11.6 Å². The molecule has 0 bridgehead atoms. The van der Waals surface area contributed by atoms with Crippen LogP contribution in [0.15, 0.2) is 21.7 Å². The predicted octanol–water partition coefficient (Wildman–Crippen LogP) is -0.427. The second-order valence-corrected chi connectivity index (χ2v) is 5.49. The number of nitrogens with zero attached hydrogens (tertiary/aromatic N) is 3. The third-order valence-corrected chi connectivity index (χ3v) is 4.13. The SMILES string of the molecule is CCn1c(=O)n(N)c(=O)c2ccc(N3CCC(N)C3)c(F)c21. The minimum atomic E-state index is -0.728.